The molecule has 5 aromatic heterocycles. The van der Waals surface area contributed by atoms with Crippen LogP contribution in [0.4, 0.5) is 11.4 Å². The van der Waals surface area contributed by atoms with Gasteiger partial charge in [-0.05, 0) is 108 Å². The molecule has 0 saturated heterocycles. The molecular formula is C69H43N7S. The van der Waals surface area contributed by atoms with Gasteiger partial charge in [-0.3, -0.25) is 9.13 Å². The highest BCUT2D eigenvalue weighted by Gasteiger charge is 2.32. The largest absolute Gasteiger partial charge is 0.330 e. The molecule has 7 nitrogen and oxygen atoms in total. The van der Waals surface area contributed by atoms with Crippen LogP contribution in [0.2, 0.25) is 0 Å². The predicted molar refractivity (Wildman–Crippen MR) is 320 cm³/mol. The van der Waals surface area contributed by atoms with E-state index in [1.165, 1.54) is 64.2 Å². The lowest BCUT2D eigenvalue weighted by molar-refractivity contribution is 0.865. The van der Waals surface area contributed by atoms with Gasteiger partial charge in [0.15, 0.2) is 5.82 Å². The van der Waals surface area contributed by atoms with Crippen LogP contribution in [0.1, 0.15) is 5.56 Å². The summed E-state index contributed by atoms with van der Waals surface area (Å²) < 4.78 is 9.53. The zero-order valence-electron chi connectivity index (χ0n) is 41.4. The normalized spacial score (nSPS) is 14.7. The average Bonchev–Trinajstić information content (AvgIpc) is 4.48. The molecule has 0 spiro atoms. The molecule has 0 fully saturated rings. The number of benzene rings is 9. The highest BCUT2D eigenvalue weighted by molar-refractivity contribution is 7.25. The molecule has 6 heterocycles. The van der Waals surface area contributed by atoms with Crippen molar-refractivity contribution in [3.63, 3.8) is 0 Å². The van der Waals surface area contributed by atoms with Gasteiger partial charge in [-0.1, -0.05) is 164 Å². The molecule has 14 aromatic rings. The number of nitrogens with zero attached hydrogens (tertiary/aromatic N) is 7. The van der Waals surface area contributed by atoms with Gasteiger partial charge in [-0.15, -0.1) is 11.3 Å². The standard InChI is InChI=1S/C69H43N7S/c1-3-17-45(18-4-1)73-57-26-12-7-21-47(57)53-40-63-55(38-61(53)73)49-23-9-14-28-59(49)75(63)68-70-67(43-33-31-42(32-34-43)44-35-36-52-51-25-11-16-30-65(51)77-66(52)37-44)71-69(72-68)76-60-29-15-10-24-50(60)56-39-62-54(41-64(56)76)48-22-8-13-27-58(48)74(62)46-19-5-2-6-20-46/h1-23,25-41,58H,24H2. The third kappa shape index (κ3) is 6.27. The summed E-state index contributed by atoms with van der Waals surface area (Å²) in [5.41, 5.74) is 14.6. The van der Waals surface area contributed by atoms with E-state index in [2.05, 4.69) is 261 Å². The van der Waals surface area contributed by atoms with Crippen LogP contribution < -0.4 is 15.5 Å². The molecule has 1 unspecified atom stereocenters. The van der Waals surface area contributed by atoms with Gasteiger partial charge in [0.1, 0.15) is 0 Å². The average molecular weight is 1000 g/mol. The maximum Gasteiger partial charge on any atom is 0.240 e. The number of aromatic nitrogens is 6. The Hall–Kier alpha value is -9.89. The van der Waals surface area contributed by atoms with E-state index in [4.69, 9.17) is 15.0 Å². The SMILES string of the molecule is C1=CCc2c(n(-c3nc(-c4ccc(-c5ccc6c(c5)sc5ccccc56)cc4)nc(-n4c5ccccc5c5cc6c(cc54)c4ccccc4n6-c4ccccc4)n3)c3cc4c(cc23)N(c2ccccc2)C2C=CC=CC=42)=C1. The third-order valence-electron chi connectivity index (χ3n) is 16.2. The summed E-state index contributed by atoms with van der Waals surface area (Å²) in [7, 11) is 0. The Morgan fingerprint density at radius 1 is 0.429 bits per heavy atom. The van der Waals surface area contributed by atoms with Crippen LogP contribution >= 0.6 is 11.3 Å². The summed E-state index contributed by atoms with van der Waals surface area (Å²) in [4.78, 5) is 19.2. The molecule has 77 heavy (non-hydrogen) atoms. The van der Waals surface area contributed by atoms with Crippen LogP contribution in [0.5, 0.6) is 0 Å². The van der Waals surface area contributed by atoms with Crippen molar-refractivity contribution in [3.05, 3.63) is 253 Å². The molecule has 3 aliphatic rings. The molecule has 17 rings (SSSR count). The second kappa shape index (κ2) is 16.3. The van der Waals surface area contributed by atoms with Gasteiger partial charge in [-0.25, -0.2) is 0 Å². The van der Waals surface area contributed by atoms with Crippen molar-refractivity contribution in [2.75, 3.05) is 4.90 Å². The van der Waals surface area contributed by atoms with Crippen molar-refractivity contribution in [3.8, 4) is 40.1 Å². The summed E-state index contributed by atoms with van der Waals surface area (Å²) in [6.45, 7) is 0. The van der Waals surface area contributed by atoms with E-state index in [1.54, 1.807) is 0 Å². The maximum absolute atomic E-state index is 5.66. The lowest BCUT2D eigenvalue weighted by Gasteiger charge is -2.28. The fourth-order valence-electron chi connectivity index (χ4n) is 12.7. The van der Waals surface area contributed by atoms with Crippen molar-refractivity contribution in [2.24, 2.45) is 0 Å². The number of para-hydroxylation sites is 4. The molecule has 9 aromatic carbocycles. The van der Waals surface area contributed by atoms with E-state index in [-0.39, 0.29) is 6.04 Å². The van der Waals surface area contributed by atoms with E-state index in [1.807, 2.05) is 11.3 Å². The molecular weight excluding hydrogens is 959 g/mol. The van der Waals surface area contributed by atoms with E-state index < -0.39 is 0 Å². The van der Waals surface area contributed by atoms with Crippen molar-refractivity contribution < 1.29 is 0 Å². The lowest BCUT2D eigenvalue weighted by Crippen LogP contribution is -2.26. The van der Waals surface area contributed by atoms with E-state index in [0.717, 1.165) is 72.3 Å². The van der Waals surface area contributed by atoms with Crippen LogP contribution in [0, 0.1) is 0 Å². The summed E-state index contributed by atoms with van der Waals surface area (Å²) in [6, 6.07) is 72.7. The number of fused-ring (bicyclic) bond motifs is 14. The summed E-state index contributed by atoms with van der Waals surface area (Å²) in [5.74, 6) is 1.71. The Balaban J connectivity index is 0.920. The van der Waals surface area contributed by atoms with Crippen molar-refractivity contribution in [1.82, 2.24) is 28.7 Å². The smallest absolute Gasteiger partial charge is 0.240 e. The second-order valence-electron chi connectivity index (χ2n) is 20.3. The van der Waals surface area contributed by atoms with E-state index in [9.17, 15) is 0 Å². The fraction of sp³-hybridized carbons (Fsp3) is 0.0290. The first-order chi connectivity index (χ1) is 38.2. The van der Waals surface area contributed by atoms with Crippen LogP contribution in [0.15, 0.2) is 237 Å². The van der Waals surface area contributed by atoms with Gasteiger partial charge < -0.3 is 9.47 Å². The molecule has 0 N–H and O–H groups in total. The molecule has 0 bridgehead atoms. The second-order valence-corrected chi connectivity index (χ2v) is 21.4. The molecule has 0 amide bonds. The van der Waals surface area contributed by atoms with Crippen LogP contribution in [-0.4, -0.2) is 34.7 Å². The van der Waals surface area contributed by atoms with Crippen LogP contribution in [0.3, 0.4) is 0 Å². The van der Waals surface area contributed by atoms with Crippen LogP contribution in [0.25, 0.3) is 126 Å². The first-order valence-electron chi connectivity index (χ1n) is 26.3. The topological polar surface area (TPSA) is 56.7 Å². The van der Waals surface area contributed by atoms with Gasteiger partial charge >= 0.3 is 0 Å². The van der Waals surface area contributed by atoms with Gasteiger partial charge in [0.05, 0.1) is 44.7 Å². The van der Waals surface area contributed by atoms with Crippen molar-refractivity contribution in [1.29, 1.82) is 0 Å². The highest BCUT2D eigenvalue weighted by Crippen LogP contribution is 2.42. The van der Waals surface area contributed by atoms with Gasteiger partial charge in [0.25, 0.3) is 0 Å². The molecule has 1 aliphatic heterocycles. The Morgan fingerprint density at radius 2 is 1.05 bits per heavy atom. The molecule has 0 radical (unpaired) electrons. The summed E-state index contributed by atoms with van der Waals surface area (Å²) in [5, 5.41) is 10.7. The third-order valence-corrected chi connectivity index (χ3v) is 17.3. The minimum absolute atomic E-state index is 0.0772. The van der Waals surface area contributed by atoms with E-state index in [0.29, 0.717) is 17.7 Å². The first-order valence-corrected chi connectivity index (χ1v) is 27.1. The molecule has 360 valence electrons. The van der Waals surface area contributed by atoms with Gasteiger partial charge in [-0.2, -0.15) is 15.0 Å². The molecule has 2 aliphatic carbocycles. The minimum atomic E-state index is 0.0772. The monoisotopic (exact) mass is 1000 g/mol. The number of allylic oxidation sites excluding steroid dienone is 4. The molecule has 0 saturated carbocycles. The zero-order valence-corrected chi connectivity index (χ0v) is 42.2. The summed E-state index contributed by atoms with van der Waals surface area (Å²) >= 11 is 1.85. The van der Waals surface area contributed by atoms with Crippen LogP contribution in [-0.2, 0) is 6.42 Å². The summed E-state index contributed by atoms with van der Waals surface area (Å²) in [6.07, 6.45) is 16.4. The number of hydrogen-bond acceptors (Lipinski definition) is 5. The quantitative estimate of drug-likeness (QED) is 0.167. The Morgan fingerprint density at radius 3 is 1.83 bits per heavy atom. The Labute approximate surface area is 445 Å². The lowest BCUT2D eigenvalue weighted by atomic mass is 10.0. The van der Waals surface area contributed by atoms with Crippen molar-refractivity contribution in [2.45, 2.75) is 12.5 Å². The zero-order chi connectivity index (χ0) is 50.3. The molecule has 8 heteroatoms. The highest BCUT2D eigenvalue weighted by atomic mass is 32.1. The maximum atomic E-state index is 5.66. The molecule has 1 atom stereocenters. The number of rotatable bonds is 6. The predicted octanol–water partition coefficient (Wildman–Crippen LogP) is 15.4. The first kappa shape index (κ1) is 42.5. The number of thiophene rings is 1. The van der Waals surface area contributed by atoms with Crippen molar-refractivity contribution >= 4 is 109 Å². The Bertz CT molecular complexity index is 5070. The fourth-order valence-corrected chi connectivity index (χ4v) is 13.9. The number of anilines is 2. The van der Waals surface area contributed by atoms with E-state index >= 15 is 0 Å². The minimum Gasteiger partial charge on any atom is -0.330 e. The number of hydrogen-bond donors (Lipinski definition) is 0. The Kier molecular flexibility index (Phi) is 8.99. The van der Waals surface area contributed by atoms with Gasteiger partial charge in [0.2, 0.25) is 11.9 Å². The van der Waals surface area contributed by atoms with Gasteiger partial charge in [0, 0.05) is 69.3 Å².